The van der Waals surface area contributed by atoms with Crippen LogP contribution in [0.4, 0.5) is 0 Å². The van der Waals surface area contributed by atoms with E-state index in [0.29, 0.717) is 26.3 Å². The van der Waals surface area contributed by atoms with Gasteiger partial charge in [0, 0.05) is 19.1 Å². The Morgan fingerprint density at radius 2 is 1.72 bits per heavy atom. The Hall–Kier alpha value is -3.06. The van der Waals surface area contributed by atoms with Gasteiger partial charge in [0.05, 0.1) is 17.6 Å². The number of hydrogen-bond acceptors (Lipinski definition) is 4. The van der Waals surface area contributed by atoms with Gasteiger partial charge in [-0.2, -0.15) is 0 Å². The number of imidazole rings is 1. The lowest BCUT2D eigenvalue weighted by molar-refractivity contribution is -0.137. The minimum absolute atomic E-state index is 0.0190. The van der Waals surface area contributed by atoms with Crippen molar-refractivity contribution in [3.8, 4) is 5.75 Å². The van der Waals surface area contributed by atoms with Gasteiger partial charge in [-0.1, -0.05) is 30.3 Å². The Kier molecular flexibility index (Phi) is 5.95. The van der Waals surface area contributed by atoms with Crippen molar-refractivity contribution in [2.24, 2.45) is 0 Å². The zero-order chi connectivity index (χ0) is 20.1. The lowest BCUT2D eigenvalue weighted by Crippen LogP contribution is -2.42. The molecule has 7 heteroatoms. The molecule has 0 bridgehead atoms. The first-order valence-corrected chi connectivity index (χ1v) is 9.95. The number of piperidine rings is 1. The summed E-state index contributed by atoms with van der Waals surface area (Å²) in [6.07, 6.45) is 1.51. The number of nitrogens with zero attached hydrogens (tertiary/aromatic N) is 2. The van der Waals surface area contributed by atoms with E-state index < -0.39 is 0 Å². The van der Waals surface area contributed by atoms with E-state index in [0.717, 1.165) is 29.6 Å². The molecule has 2 heterocycles. The summed E-state index contributed by atoms with van der Waals surface area (Å²) in [5, 5.41) is 0. The molecule has 1 amide bonds. The fraction of sp³-hybridized carbons (Fsp3) is 0.364. The standard InChI is InChI=1S/C22H25N3O4/c26-21(16-28-14-15-29-18-6-2-1-3-7-18)24-12-10-17(11-13-24)25-20-9-5-4-8-19(20)23-22(25)27/h1-9,17H,10-16H2,(H,23,27). The third-order valence-corrected chi connectivity index (χ3v) is 5.27. The number of aromatic nitrogens is 2. The van der Waals surface area contributed by atoms with Crippen LogP contribution in [0.15, 0.2) is 59.4 Å². The molecule has 2 aromatic carbocycles. The van der Waals surface area contributed by atoms with Gasteiger partial charge in [-0.25, -0.2) is 4.79 Å². The van der Waals surface area contributed by atoms with Crippen LogP contribution in [0.2, 0.25) is 0 Å². The lowest BCUT2D eigenvalue weighted by atomic mass is 10.0. The van der Waals surface area contributed by atoms with Crippen molar-refractivity contribution in [2.75, 3.05) is 32.9 Å². The van der Waals surface area contributed by atoms with Crippen molar-refractivity contribution in [2.45, 2.75) is 18.9 Å². The van der Waals surface area contributed by atoms with Gasteiger partial charge in [0.1, 0.15) is 19.0 Å². The number of hydrogen-bond donors (Lipinski definition) is 1. The van der Waals surface area contributed by atoms with Gasteiger partial charge in [-0.15, -0.1) is 0 Å². The van der Waals surface area contributed by atoms with E-state index in [1.54, 1.807) is 0 Å². The number of likely N-dealkylation sites (tertiary alicyclic amines) is 1. The Morgan fingerprint density at radius 3 is 2.52 bits per heavy atom. The topological polar surface area (TPSA) is 76.6 Å². The summed E-state index contributed by atoms with van der Waals surface area (Å²) < 4.78 is 12.8. The molecule has 4 rings (SSSR count). The number of rotatable bonds is 7. The van der Waals surface area contributed by atoms with Crippen molar-refractivity contribution >= 4 is 16.9 Å². The molecule has 0 unspecified atom stereocenters. The number of amides is 1. The Bertz CT molecular complexity index is 1000. The number of ether oxygens (including phenoxy) is 2. The number of para-hydroxylation sites is 3. The maximum absolute atomic E-state index is 12.4. The summed E-state index contributed by atoms with van der Waals surface area (Å²) in [5.41, 5.74) is 1.68. The highest BCUT2D eigenvalue weighted by Crippen LogP contribution is 2.24. The van der Waals surface area contributed by atoms with Crippen LogP contribution >= 0.6 is 0 Å². The second kappa shape index (κ2) is 8.96. The van der Waals surface area contributed by atoms with Crippen molar-refractivity contribution in [1.29, 1.82) is 0 Å². The third kappa shape index (κ3) is 4.51. The molecule has 7 nitrogen and oxygen atoms in total. The first-order valence-electron chi connectivity index (χ1n) is 9.95. The lowest BCUT2D eigenvalue weighted by Gasteiger charge is -2.32. The van der Waals surface area contributed by atoms with Crippen molar-refractivity contribution in [3.63, 3.8) is 0 Å². The number of fused-ring (bicyclic) bond motifs is 1. The maximum Gasteiger partial charge on any atom is 0.326 e. The summed E-state index contributed by atoms with van der Waals surface area (Å²) in [5.74, 6) is 0.770. The van der Waals surface area contributed by atoms with Gasteiger partial charge >= 0.3 is 5.69 Å². The van der Waals surface area contributed by atoms with E-state index in [1.165, 1.54) is 0 Å². The number of carbonyl (C=O) groups is 1. The zero-order valence-corrected chi connectivity index (χ0v) is 16.3. The van der Waals surface area contributed by atoms with Gasteiger partial charge < -0.3 is 19.4 Å². The molecule has 3 aromatic rings. The molecule has 1 aromatic heterocycles. The summed E-state index contributed by atoms with van der Waals surface area (Å²) >= 11 is 0. The smallest absolute Gasteiger partial charge is 0.326 e. The average molecular weight is 395 g/mol. The van der Waals surface area contributed by atoms with Crippen LogP contribution in [0, 0.1) is 0 Å². The number of aromatic amines is 1. The molecule has 1 N–H and O–H groups in total. The van der Waals surface area contributed by atoms with Crippen LogP contribution in [0.5, 0.6) is 5.75 Å². The van der Waals surface area contributed by atoms with Gasteiger partial charge in [-0.3, -0.25) is 9.36 Å². The molecular formula is C22H25N3O4. The van der Waals surface area contributed by atoms with Gasteiger partial charge in [0.15, 0.2) is 0 Å². The first kappa shape index (κ1) is 19.3. The van der Waals surface area contributed by atoms with E-state index in [2.05, 4.69) is 4.98 Å². The second-order valence-corrected chi connectivity index (χ2v) is 7.14. The Morgan fingerprint density at radius 1 is 1.00 bits per heavy atom. The Labute approximate surface area is 168 Å². The molecular weight excluding hydrogens is 370 g/mol. The normalized spacial score (nSPS) is 15.0. The summed E-state index contributed by atoms with van der Waals surface area (Å²) in [7, 11) is 0. The predicted octanol–water partition coefficient (Wildman–Crippen LogP) is 2.59. The molecule has 29 heavy (non-hydrogen) atoms. The summed E-state index contributed by atoms with van der Waals surface area (Å²) in [6.45, 7) is 2.07. The molecule has 1 fully saturated rings. The quantitative estimate of drug-likeness (QED) is 0.624. The predicted molar refractivity (Wildman–Crippen MR) is 110 cm³/mol. The largest absolute Gasteiger partial charge is 0.491 e. The van der Waals surface area contributed by atoms with Crippen molar-refractivity contribution in [3.05, 3.63) is 65.1 Å². The fourth-order valence-electron chi connectivity index (χ4n) is 3.80. The van der Waals surface area contributed by atoms with E-state index in [-0.39, 0.29) is 24.2 Å². The molecule has 1 saturated heterocycles. The number of nitrogens with one attached hydrogen (secondary N) is 1. The number of benzene rings is 2. The van der Waals surface area contributed by atoms with Gasteiger partial charge in [-0.05, 0) is 37.1 Å². The highest BCUT2D eigenvalue weighted by Gasteiger charge is 2.25. The highest BCUT2D eigenvalue weighted by atomic mass is 16.5. The molecule has 0 spiro atoms. The van der Waals surface area contributed by atoms with E-state index in [1.807, 2.05) is 64.1 Å². The molecule has 0 atom stereocenters. The van der Waals surface area contributed by atoms with Gasteiger partial charge in [0.2, 0.25) is 5.91 Å². The second-order valence-electron chi connectivity index (χ2n) is 7.14. The van der Waals surface area contributed by atoms with Crippen molar-refractivity contribution in [1.82, 2.24) is 14.5 Å². The minimum atomic E-state index is -0.0854. The highest BCUT2D eigenvalue weighted by molar-refractivity contribution is 5.77. The molecule has 1 aliphatic rings. The van der Waals surface area contributed by atoms with Crippen LogP contribution in [-0.4, -0.2) is 53.3 Å². The maximum atomic E-state index is 12.4. The summed E-state index contributed by atoms with van der Waals surface area (Å²) in [6, 6.07) is 17.3. The fourth-order valence-corrected chi connectivity index (χ4v) is 3.80. The number of H-pyrrole nitrogens is 1. The SMILES string of the molecule is O=C(COCCOc1ccccc1)N1CCC(n2c(=O)[nH]c3ccccc32)CC1. The monoisotopic (exact) mass is 395 g/mol. The van der Waals surface area contributed by atoms with Crippen LogP contribution in [0.25, 0.3) is 11.0 Å². The first-order chi connectivity index (χ1) is 14.2. The average Bonchev–Trinajstić information content (AvgIpc) is 3.10. The minimum Gasteiger partial charge on any atom is -0.491 e. The van der Waals surface area contributed by atoms with E-state index >= 15 is 0 Å². The zero-order valence-electron chi connectivity index (χ0n) is 16.3. The molecule has 0 saturated carbocycles. The van der Waals surface area contributed by atoms with E-state index in [4.69, 9.17) is 9.47 Å². The number of carbonyl (C=O) groups excluding carboxylic acids is 1. The van der Waals surface area contributed by atoms with Gasteiger partial charge in [0.25, 0.3) is 0 Å². The molecule has 0 aliphatic carbocycles. The van der Waals surface area contributed by atoms with Crippen LogP contribution in [-0.2, 0) is 9.53 Å². The van der Waals surface area contributed by atoms with Crippen LogP contribution in [0.1, 0.15) is 18.9 Å². The van der Waals surface area contributed by atoms with E-state index in [9.17, 15) is 9.59 Å². The molecule has 0 radical (unpaired) electrons. The van der Waals surface area contributed by atoms with Crippen LogP contribution in [0.3, 0.4) is 0 Å². The van der Waals surface area contributed by atoms with Crippen LogP contribution < -0.4 is 10.4 Å². The third-order valence-electron chi connectivity index (χ3n) is 5.27. The molecule has 1 aliphatic heterocycles. The molecule has 152 valence electrons. The summed E-state index contributed by atoms with van der Waals surface area (Å²) in [4.78, 5) is 29.5. The Balaban J connectivity index is 1.22. The van der Waals surface area contributed by atoms with Crippen molar-refractivity contribution < 1.29 is 14.3 Å².